The van der Waals surface area contributed by atoms with Crippen LogP contribution in [0.15, 0.2) is 0 Å². The maximum absolute atomic E-state index is 3.45. The standard InChI is InChI=1S/C10H20N2/c1-9(10-4-5-11-8-10)12-6-2-3-7-12/h9-11H,2-8H2,1H3/t9-,10-/m1/s1. The summed E-state index contributed by atoms with van der Waals surface area (Å²) in [6.45, 7) is 7.58. The first-order chi connectivity index (χ1) is 5.88. The van der Waals surface area contributed by atoms with Crippen LogP contribution in [0.1, 0.15) is 26.2 Å². The zero-order chi connectivity index (χ0) is 8.39. The van der Waals surface area contributed by atoms with E-state index in [1.165, 1.54) is 45.4 Å². The molecule has 2 nitrogen and oxygen atoms in total. The molecule has 0 saturated carbocycles. The normalized spacial score (nSPS) is 34.2. The van der Waals surface area contributed by atoms with Crippen molar-refractivity contribution in [2.24, 2.45) is 5.92 Å². The lowest BCUT2D eigenvalue weighted by atomic mass is 9.99. The molecule has 0 aromatic carbocycles. The van der Waals surface area contributed by atoms with Crippen molar-refractivity contribution >= 4 is 0 Å². The smallest absolute Gasteiger partial charge is 0.0108 e. The molecule has 0 amide bonds. The molecule has 2 heterocycles. The van der Waals surface area contributed by atoms with Crippen LogP contribution in [-0.2, 0) is 0 Å². The molecule has 12 heavy (non-hydrogen) atoms. The molecule has 0 unspecified atom stereocenters. The van der Waals surface area contributed by atoms with E-state index < -0.39 is 0 Å². The number of nitrogens with one attached hydrogen (secondary N) is 1. The highest BCUT2D eigenvalue weighted by Crippen LogP contribution is 2.21. The van der Waals surface area contributed by atoms with Crippen LogP contribution in [0.5, 0.6) is 0 Å². The van der Waals surface area contributed by atoms with E-state index in [-0.39, 0.29) is 0 Å². The Morgan fingerprint density at radius 2 is 2.08 bits per heavy atom. The Kier molecular flexibility index (Phi) is 2.66. The second-order valence-electron chi connectivity index (χ2n) is 4.24. The van der Waals surface area contributed by atoms with Crippen LogP contribution < -0.4 is 5.32 Å². The Morgan fingerprint density at radius 3 is 2.67 bits per heavy atom. The average molecular weight is 168 g/mol. The van der Waals surface area contributed by atoms with Gasteiger partial charge in [0.25, 0.3) is 0 Å². The van der Waals surface area contributed by atoms with E-state index in [9.17, 15) is 0 Å². The van der Waals surface area contributed by atoms with E-state index in [2.05, 4.69) is 17.1 Å². The third-order valence-electron chi connectivity index (χ3n) is 3.50. The van der Waals surface area contributed by atoms with E-state index in [4.69, 9.17) is 0 Å². The number of hydrogen-bond donors (Lipinski definition) is 1. The summed E-state index contributed by atoms with van der Waals surface area (Å²) in [7, 11) is 0. The van der Waals surface area contributed by atoms with Gasteiger partial charge in [-0.05, 0) is 58.3 Å². The first-order valence-corrected chi connectivity index (χ1v) is 5.32. The van der Waals surface area contributed by atoms with Gasteiger partial charge in [-0.25, -0.2) is 0 Å². The molecular weight excluding hydrogens is 148 g/mol. The fraction of sp³-hybridized carbons (Fsp3) is 1.00. The monoisotopic (exact) mass is 168 g/mol. The fourth-order valence-electron chi connectivity index (χ4n) is 2.54. The summed E-state index contributed by atoms with van der Waals surface area (Å²) in [5, 5.41) is 3.45. The molecule has 0 spiro atoms. The Morgan fingerprint density at radius 1 is 1.33 bits per heavy atom. The molecule has 2 aliphatic heterocycles. The van der Waals surface area contributed by atoms with Crippen molar-refractivity contribution in [1.29, 1.82) is 0 Å². The van der Waals surface area contributed by atoms with Crippen LogP contribution in [0.4, 0.5) is 0 Å². The zero-order valence-electron chi connectivity index (χ0n) is 8.05. The highest BCUT2D eigenvalue weighted by atomic mass is 15.2. The molecule has 0 radical (unpaired) electrons. The lowest BCUT2D eigenvalue weighted by Gasteiger charge is -2.28. The molecule has 2 fully saturated rings. The van der Waals surface area contributed by atoms with Gasteiger partial charge in [0.1, 0.15) is 0 Å². The van der Waals surface area contributed by atoms with Gasteiger partial charge in [0, 0.05) is 6.04 Å². The van der Waals surface area contributed by atoms with E-state index >= 15 is 0 Å². The zero-order valence-corrected chi connectivity index (χ0v) is 8.05. The summed E-state index contributed by atoms with van der Waals surface area (Å²) in [6.07, 6.45) is 4.23. The van der Waals surface area contributed by atoms with Crippen molar-refractivity contribution in [2.75, 3.05) is 26.2 Å². The quantitative estimate of drug-likeness (QED) is 0.664. The van der Waals surface area contributed by atoms with E-state index in [0.29, 0.717) is 0 Å². The van der Waals surface area contributed by atoms with Gasteiger partial charge in [-0.15, -0.1) is 0 Å². The number of hydrogen-bond acceptors (Lipinski definition) is 2. The van der Waals surface area contributed by atoms with Crippen molar-refractivity contribution in [1.82, 2.24) is 10.2 Å². The van der Waals surface area contributed by atoms with Gasteiger partial charge in [0.15, 0.2) is 0 Å². The molecule has 0 aliphatic carbocycles. The lowest BCUT2D eigenvalue weighted by Crippen LogP contribution is -2.37. The Hall–Kier alpha value is -0.0800. The second-order valence-corrected chi connectivity index (χ2v) is 4.24. The van der Waals surface area contributed by atoms with Crippen molar-refractivity contribution in [3.63, 3.8) is 0 Å². The maximum Gasteiger partial charge on any atom is 0.0108 e. The van der Waals surface area contributed by atoms with Gasteiger partial charge >= 0.3 is 0 Å². The van der Waals surface area contributed by atoms with Crippen molar-refractivity contribution < 1.29 is 0 Å². The molecule has 0 bridgehead atoms. The molecule has 2 heteroatoms. The molecule has 2 saturated heterocycles. The average Bonchev–Trinajstić information content (AvgIpc) is 2.77. The Bertz CT molecular complexity index is 119. The SMILES string of the molecule is C[C@H]([C@@H]1CCNC1)N1CCCC1. The van der Waals surface area contributed by atoms with Crippen LogP contribution in [0.2, 0.25) is 0 Å². The summed E-state index contributed by atoms with van der Waals surface area (Å²) in [6, 6.07) is 0.822. The summed E-state index contributed by atoms with van der Waals surface area (Å²) >= 11 is 0. The van der Waals surface area contributed by atoms with Crippen molar-refractivity contribution in [3.8, 4) is 0 Å². The minimum Gasteiger partial charge on any atom is -0.316 e. The van der Waals surface area contributed by atoms with E-state index in [0.717, 1.165) is 12.0 Å². The van der Waals surface area contributed by atoms with Gasteiger partial charge < -0.3 is 10.2 Å². The minimum absolute atomic E-state index is 0.822. The summed E-state index contributed by atoms with van der Waals surface area (Å²) in [5.41, 5.74) is 0. The Labute approximate surface area is 75.3 Å². The number of likely N-dealkylation sites (tertiary alicyclic amines) is 1. The molecule has 0 aromatic rings. The fourth-order valence-corrected chi connectivity index (χ4v) is 2.54. The van der Waals surface area contributed by atoms with Crippen molar-refractivity contribution in [3.05, 3.63) is 0 Å². The predicted molar refractivity (Wildman–Crippen MR) is 51.2 cm³/mol. The van der Waals surface area contributed by atoms with Crippen LogP contribution in [0, 0.1) is 5.92 Å². The predicted octanol–water partition coefficient (Wildman–Crippen LogP) is 1.08. The number of nitrogens with zero attached hydrogens (tertiary/aromatic N) is 1. The molecule has 0 aromatic heterocycles. The molecular formula is C10H20N2. The molecule has 1 N–H and O–H groups in total. The van der Waals surface area contributed by atoms with Crippen LogP contribution in [-0.4, -0.2) is 37.1 Å². The molecule has 70 valence electrons. The third-order valence-corrected chi connectivity index (χ3v) is 3.50. The summed E-state index contributed by atoms with van der Waals surface area (Å²) < 4.78 is 0. The molecule has 2 atom stereocenters. The molecule has 2 aliphatic rings. The third kappa shape index (κ3) is 1.64. The first-order valence-electron chi connectivity index (χ1n) is 5.32. The largest absolute Gasteiger partial charge is 0.316 e. The highest BCUT2D eigenvalue weighted by molar-refractivity contribution is 4.83. The Balaban J connectivity index is 1.84. The van der Waals surface area contributed by atoms with Crippen molar-refractivity contribution in [2.45, 2.75) is 32.2 Å². The summed E-state index contributed by atoms with van der Waals surface area (Å²) in [5.74, 6) is 0.920. The summed E-state index contributed by atoms with van der Waals surface area (Å²) in [4.78, 5) is 2.66. The van der Waals surface area contributed by atoms with Gasteiger partial charge in [0.05, 0.1) is 0 Å². The minimum atomic E-state index is 0.822. The van der Waals surface area contributed by atoms with Gasteiger partial charge in [0.2, 0.25) is 0 Å². The lowest BCUT2D eigenvalue weighted by molar-refractivity contribution is 0.198. The van der Waals surface area contributed by atoms with Gasteiger partial charge in [-0.1, -0.05) is 0 Å². The van der Waals surface area contributed by atoms with Crippen LogP contribution in [0.3, 0.4) is 0 Å². The highest BCUT2D eigenvalue weighted by Gasteiger charge is 2.27. The van der Waals surface area contributed by atoms with E-state index in [1.807, 2.05) is 0 Å². The van der Waals surface area contributed by atoms with Gasteiger partial charge in [-0.2, -0.15) is 0 Å². The number of rotatable bonds is 2. The first kappa shape index (κ1) is 8.52. The molecule has 2 rings (SSSR count). The van der Waals surface area contributed by atoms with Crippen LogP contribution in [0.25, 0.3) is 0 Å². The van der Waals surface area contributed by atoms with E-state index in [1.54, 1.807) is 0 Å². The second kappa shape index (κ2) is 3.75. The van der Waals surface area contributed by atoms with Crippen LogP contribution >= 0.6 is 0 Å². The maximum atomic E-state index is 3.45. The topological polar surface area (TPSA) is 15.3 Å². The van der Waals surface area contributed by atoms with Gasteiger partial charge in [-0.3, -0.25) is 0 Å².